The summed E-state index contributed by atoms with van der Waals surface area (Å²) < 4.78 is 13.3. The van der Waals surface area contributed by atoms with Crippen LogP contribution in [0.2, 0.25) is 0 Å². The topological polar surface area (TPSA) is 70.4 Å². The number of unbranched alkanes of at least 4 members (excludes halogenated alkanes) is 1. The molecule has 6 nitrogen and oxygen atoms in total. The molecule has 0 radical (unpaired) electrons. The Labute approximate surface area is 184 Å². The third-order valence-corrected chi connectivity index (χ3v) is 5.35. The van der Waals surface area contributed by atoms with Crippen LogP contribution in [0.1, 0.15) is 37.4 Å². The first kappa shape index (κ1) is 22.0. The van der Waals surface area contributed by atoms with Gasteiger partial charge in [-0.05, 0) is 36.8 Å². The number of nitrogens with zero attached hydrogens (tertiary/aromatic N) is 2. The van der Waals surface area contributed by atoms with E-state index in [1.165, 1.54) is 0 Å². The number of halogens is 1. The van der Waals surface area contributed by atoms with Crippen LogP contribution >= 0.6 is 15.9 Å². The van der Waals surface area contributed by atoms with Gasteiger partial charge in [-0.2, -0.15) is 0 Å². The summed E-state index contributed by atoms with van der Waals surface area (Å²) in [4.78, 5) is 29.7. The van der Waals surface area contributed by atoms with Crippen molar-refractivity contribution in [3.05, 3.63) is 68.5 Å². The molecular weight excluding hydrogens is 448 g/mol. The van der Waals surface area contributed by atoms with Gasteiger partial charge in [-0.15, -0.1) is 0 Å². The number of aromatic nitrogens is 2. The summed E-state index contributed by atoms with van der Waals surface area (Å²) >= 11 is 3.40. The summed E-state index contributed by atoms with van der Waals surface area (Å²) in [6.07, 6.45) is 2.22. The Hall–Kier alpha value is -2.67. The normalized spacial score (nSPS) is 10.9. The van der Waals surface area contributed by atoms with Crippen LogP contribution in [0.15, 0.2) is 51.7 Å². The number of benzene rings is 2. The minimum absolute atomic E-state index is 0.0880. The van der Waals surface area contributed by atoms with E-state index in [9.17, 15) is 9.59 Å². The molecule has 30 heavy (non-hydrogen) atoms. The van der Waals surface area contributed by atoms with E-state index < -0.39 is 0 Å². The van der Waals surface area contributed by atoms with Gasteiger partial charge in [0.2, 0.25) is 0 Å². The summed E-state index contributed by atoms with van der Waals surface area (Å²) in [7, 11) is 1.57. The van der Waals surface area contributed by atoms with E-state index in [2.05, 4.69) is 27.8 Å². The Kier molecular flexibility index (Phi) is 7.63. The van der Waals surface area contributed by atoms with Crippen LogP contribution in [0, 0.1) is 0 Å². The Morgan fingerprint density at radius 2 is 2.00 bits per heavy atom. The van der Waals surface area contributed by atoms with E-state index in [1.807, 2.05) is 42.5 Å². The zero-order valence-electron chi connectivity index (χ0n) is 17.2. The number of rotatable bonds is 9. The molecule has 0 atom stereocenters. The van der Waals surface area contributed by atoms with Gasteiger partial charge in [0.05, 0.1) is 24.6 Å². The fourth-order valence-electron chi connectivity index (χ4n) is 3.26. The predicted octanol–water partition coefficient (Wildman–Crippen LogP) is 4.64. The second-order valence-corrected chi connectivity index (χ2v) is 7.89. The SMILES string of the molecule is CCCCn1c(=O)c(CCC(=O)OCc2cc(Br)ccc2OC)nc2ccccc21. The van der Waals surface area contributed by atoms with Crippen LogP contribution in [0.25, 0.3) is 11.0 Å². The Morgan fingerprint density at radius 1 is 1.20 bits per heavy atom. The molecule has 3 rings (SSSR count). The third-order valence-electron chi connectivity index (χ3n) is 4.85. The Balaban J connectivity index is 1.71. The van der Waals surface area contributed by atoms with Crippen molar-refractivity contribution >= 4 is 32.9 Å². The molecular formula is C23H25BrN2O4. The molecule has 0 N–H and O–H groups in total. The summed E-state index contributed by atoms with van der Waals surface area (Å²) in [5.74, 6) is 0.271. The van der Waals surface area contributed by atoms with Crippen LogP contribution in [0.4, 0.5) is 0 Å². The molecule has 7 heteroatoms. The molecule has 1 heterocycles. The van der Waals surface area contributed by atoms with E-state index >= 15 is 0 Å². The van der Waals surface area contributed by atoms with Crippen molar-refractivity contribution < 1.29 is 14.3 Å². The maximum atomic E-state index is 12.9. The van der Waals surface area contributed by atoms with Gasteiger partial charge < -0.3 is 14.0 Å². The van der Waals surface area contributed by atoms with Gasteiger partial charge >= 0.3 is 5.97 Å². The molecule has 1 aromatic heterocycles. The molecule has 0 spiro atoms. The lowest BCUT2D eigenvalue weighted by Crippen LogP contribution is -2.26. The fraction of sp³-hybridized carbons (Fsp3) is 0.348. The zero-order chi connectivity index (χ0) is 21.5. The van der Waals surface area contributed by atoms with Crippen molar-refractivity contribution in [2.24, 2.45) is 0 Å². The lowest BCUT2D eigenvalue weighted by atomic mass is 10.2. The quantitative estimate of drug-likeness (QED) is 0.424. The second-order valence-electron chi connectivity index (χ2n) is 6.97. The monoisotopic (exact) mass is 472 g/mol. The van der Waals surface area contributed by atoms with Crippen molar-refractivity contribution in [2.75, 3.05) is 7.11 Å². The highest BCUT2D eigenvalue weighted by atomic mass is 79.9. The highest BCUT2D eigenvalue weighted by Gasteiger charge is 2.14. The first-order valence-electron chi connectivity index (χ1n) is 10.00. The maximum Gasteiger partial charge on any atom is 0.306 e. The number of hydrogen-bond acceptors (Lipinski definition) is 5. The summed E-state index contributed by atoms with van der Waals surface area (Å²) in [5.41, 5.74) is 2.61. The smallest absolute Gasteiger partial charge is 0.306 e. The van der Waals surface area contributed by atoms with Crippen molar-refractivity contribution in [2.45, 2.75) is 45.8 Å². The number of para-hydroxylation sites is 2. The highest BCUT2D eigenvalue weighted by molar-refractivity contribution is 9.10. The van der Waals surface area contributed by atoms with Gasteiger partial charge in [-0.25, -0.2) is 4.98 Å². The number of aryl methyl sites for hydroxylation is 2. The average molecular weight is 473 g/mol. The number of methoxy groups -OCH3 is 1. The van der Waals surface area contributed by atoms with E-state index in [0.717, 1.165) is 33.9 Å². The van der Waals surface area contributed by atoms with Crippen molar-refractivity contribution in [3.63, 3.8) is 0 Å². The molecule has 0 aliphatic heterocycles. The number of carbonyl (C=O) groups excluding carboxylic acids is 1. The standard InChI is InChI=1S/C23H25BrN2O4/c1-3-4-13-26-20-8-6-5-7-18(20)25-19(23(26)28)10-12-22(27)30-15-16-14-17(24)9-11-21(16)29-2/h5-9,11,14H,3-4,10,12-13,15H2,1-2H3. The minimum atomic E-state index is -0.383. The third kappa shape index (κ3) is 5.27. The van der Waals surface area contributed by atoms with E-state index in [4.69, 9.17) is 9.47 Å². The molecule has 0 bridgehead atoms. The van der Waals surface area contributed by atoms with E-state index in [-0.39, 0.29) is 31.0 Å². The van der Waals surface area contributed by atoms with Gasteiger partial charge in [0.25, 0.3) is 5.56 Å². The molecule has 0 aliphatic carbocycles. The molecule has 0 amide bonds. The highest BCUT2D eigenvalue weighted by Crippen LogP contribution is 2.23. The lowest BCUT2D eigenvalue weighted by Gasteiger charge is -2.12. The van der Waals surface area contributed by atoms with Crippen molar-refractivity contribution in [3.8, 4) is 5.75 Å². The summed E-state index contributed by atoms with van der Waals surface area (Å²) in [6.45, 7) is 2.83. The van der Waals surface area contributed by atoms with Crippen LogP contribution in [-0.2, 0) is 29.1 Å². The number of carbonyl (C=O) groups is 1. The first-order valence-corrected chi connectivity index (χ1v) is 10.8. The van der Waals surface area contributed by atoms with Crippen LogP contribution in [-0.4, -0.2) is 22.6 Å². The molecule has 0 fully saturated rings. The zero-order valence-corrected chi connectivity index (χ0v) is 18.8. The Bertz CT molecular complexity index is 1090. The molecule has 0 saturated carbocycles. The predicted molar refractivity (Wildman–Crippen MR) is 120 cm³/mol. The van der Waals surface area contributed by atoms with Crippen LogP contribution < -0.4 is 10.3 Å². The summed E-state index contributed by atoms with van der Waals surface area (Å²) in [6, 6.07) is 13.1. The second kappa shape index (κ2) is 10.4. The lowest BCUT2D eigenvalue weighted by molar-refractivity contribution is -0.144. The van der Waals surface area contributed by atoms with Crippen LogP contribution in [0.3, 0.4) is 0 Å². The van der Waals surface area contributed by atoms with Gasteiger partial charge in [-0.3, -0.25) is 9.59 Å². The molecule has 158 valence electrons. The number of ether oxygens (including phenoxy) is 2. The van der Waals surface area contributed by atoms with Crippen molar-refractivity contribution in [1.82, 2.24) is 9.55 Å². The minimum Gasteiger partial charge on any atom is -0.496 e. The average Bonchev–Trinajstić information content (AvgIpc) is 2.76. The number of esters is 1. The largest absolute Gasteiger partial charge is 0.496 e. The van der Waals surface area contributed by atoms with E-state index in [1.54, 1.807) is 11.7 Å². The molecule has 0 unspecified atom stereocenters. The number of fused-ring (bicyclic) bond motifs is 1. The van der Waals surface area contributed by atoms with Gasteiger partial charge in [0, 0.05) is 23.0 Å². The first-order chi connectivity index (χ1) is 14.5. The molecule has 3 aromatic rings. The van der Waals surface area contributed by atoms with Gasteiger partial charge in [0.15, 0.2) is 0 Å². The molecule has 0 saturated heterocycles. The molecule has 0 aliphatic rings. The van der Waals surface area contributed by atoms with Crippen LogP contribution in [0.5, 0.6) is 5.75 Å². The van der Waals surface area contributed by atoms with Crippen molar-refractivity contribution in [1.29, 1.82) is 0 Å². The Morgan fingerprint density at radius 3 is 2.77 bits per heavy atom. The van der Waals surface area contributed by atoms with Gasteiger partial charge in [-0.1, -0.05) is 41.4 Å². The maximum absolute atomic E-state index is 12.9. The fourth-order valence-corrected chi connectivity index (χ4v) is 3.67. The molecule has 2 aromatic carbocycles. The summed E-state index contributed by atoms with van der Waals surface area (Å²) in [5, 5.41) is 0. The van der Waals surface area contributed by atoms with Gasteiger partial charge in [0.1, 0.15) is 18.1 Å². The van der Waals surface area contributed by atoms with E-state index in [0.29, 0.717) is 18.0 Å². The number of hydrogen-bond donors (Lipinski definition) is 0.